The molecule has 0 aromatic heterocycles. The maximum atomic E-state index is 12.0. The third-order valence-corrected chi connectivity index (χ3v) is 6.32. The third kappa shape index (κ3) is 9.51. The highest BCUT2D eigenvalue weighted by Crippen LogP contribution is 2.34. The van der Waals surface area contributed by atoms with Gasteiger partial charge in [0.2, 0.25) is 0 Å². The molecule has 0 bridgehead atoms. The van der Waals surface area contributed by atoms with Crippen molar-refractivity contribution in [3.63, 3.8) is 0 Å². The van der Waals surface area contributed by atoms with Crippen LogP contribution in [-0.4, -0.2) is 23.1 Å². The van der Waals surface area contributed by atoms with Crippen molar-refractivity contribution in [3.05, 3.63) is 23.5 Å². The van der Waals surface area contributed by atoms with Crippen LogP contribution in [0.3, 0.4) is 0 Å². The molecule has 1 aliphatic carbocycles. The van der Waals surface area contributed by atoms with Crippen LogP contribution in [0.15, 0.2) is 23.5 Å². The highest BCUT2D eigenvalue weighted by molar-refractivity contribution is 5.97. The van der Waals surface area contributed by atoms with Crippen LogP contribution in [0.1, 0.15) is 122 Å². The second-order valence-corrected chi connectivity index (χ2v) is 8.98. The summed E-state index contributed by atoms with van der Waals surface area (Å²) in [5, 5.41) is 10.3. The zero-order chi connectivity index (χ0) is 20.7. The summed E-state index contributed by atoms with van der Waals surface area (Å²) < 4.78 is 6.04. The topological polar surface area (TPSA) is 46.5 Å². The zero-order valence-electron chi connectivity index (χ0n) is 18.8. The molecule has 29 heavy (non-hydrogen) atoms. The molecule has 166 valence electrons. The minimum atomic E-state index is -0.594. The molecule has 0 fully saturated rings. The van der Waals surface area contributed by atoms with Gasteiger partial charge in [-0.25, -0.2) is 0 Å². The van der Waals surface area contributed by atoms with Gasteiger partial charge in [-0.05, 0) is 38.5 Å². The van der Waals surface area contributed by atoms with E-state index in [1.165, 1.54) is 77.0 Å². The van der Waals surface area contributed by atoms with E-state index in [4.69, 9.17) is 4.74 Å². The standard InChI is InChI=1S/C26H44O3/c1-2-3-4-5-6-7-8-9-10-11-12-13-14-15-16-18-22-21-24(28)26-23(27)19-17-20-25(26)29-22/h5-6,22,24,28H,2-4,7-21H2,1H3/t22-,24+/m0/s1. The summed E-state index contributed by atoms with van der Waals surface area (Å²) in [6.45, 7) is 2.25. The van der Waals surface area contributed by atoms with Gasteiger partial charge in [0, 0.05) is 19.3 Å². The van der Waals surface area contributed by atoms with E-state index in [-0.39, 0.29) is 11.9 Å². The average Bonchev–Trinajstić information content (AvgIpc) is 2.70. The van der Waals surface area contributed by atoms with Crippen LogP contribution in [0.2, 0.25) is 0 Å². The van der Waals surface area contributed by atoms with Gasteiger partial charge in [0.1, 0.15) is 11.9 Å². The molecule has 2 rings (SSSR count). The molecular weight excluding hydrogens is 360 g/mol. The second kappa shape index (κ2) is 14.8. The van der Waals surface area contributed by atoms with Gasteiger partial charge in [-0.15, -0.1) is 0 Å². The summed E-state index contributed by atoms with van der Waals surface area (Å²) in [6.07, 6.45) is 25.1. The molecule has 2 atom stereocenters. The molecule has 0 saturated carbocycles. The largest absolute Gasteiger partial charge is 0.494 e. The lowest BCUT2D eigenvalue weighted by Crippen LogP contribution is -2.34. The minimum absolute atomic E-state index is 0.0978. The number of carbonyl (C=O) groups is 1. The first-order valence-electron chi connectivity index (χ1n) is 12.5. The first kappa shape index (κ1) is 24.2. The molecule has 0 saturated heterocycles. The Hall–Kier alpha value is -1.09. The molecule has 2 aliphatic rings. The normalized spacial score (nSPS) is 22.2. The molecule has 0 unspecified atom stereocenters. The van der Waals surface area contributed by atoms with Crippen LogP contribution in [0.5, 0.6) is 0 Å². The molecule has 1 heterocycles. The number of ketones is 1. The van der Waals surface area contributed by atoms with E-state index in [1.54, 1.807) is 0 Å². The molecule has 0 aromatic carbocycles. The number of ether oxygens (including phenoxy) is 1. The summed E-state index contributed by atoms with van der Waals surface area (Å²) in [4.78, 5) is 12.0. The number of carbonyl (C=O) groups excluding carboxylic acids is 1. The van der Waals surface area contributed by atoms with Crippen molar-refractivity contribution in [1.29, 1.82) is 0 Å². The summed E-state index contributed by atoms with van der Waals surface area (Å²) >= 11 is 0. The number of aliphatic hydroxyl groups is 1. The SMILES string of the molecule is CCCCC=CCCCCCCCCCCC[C@H]1C[C@@H](O)C2=C(CCCC2=O)O1. The second-order valence-electron chi connectivity index (χ2n) is 8.98. The number of Topliss-reactive ketones (excluding diaryl/α,β-unsaturated/α-hetero) is 1. The summed E-state index contributed by atoms with van der Waals surface area (Å²) in [6, 6.07) is 0. The predicted octanol–water partition coefficient (Wildman–Crippen LogP) is 7.18. The van der Waals surface area contributed by atoms with Crippen LogP contribution < -0.4 is 0 Å². The Labute approximate surface area is 179 Å². The van der Waals surface area contributed by atoms with Crippen molar-refractivity contribution in [2.45, 2.75) is 135 Å². The Morgan fingerprint density at radius 2 is 1.52 bits per heavy atom. The lowest BCUT2D eigenvalue weighted by atomic mass is 9.87. The molecule has 3 heteroatoms. The van der Waals surface area contributed by atoms with Gasteiger partial charge >= 0.3 is 0 Å². The maximum absolute atomic E-state index is 12.0. The van der Waals surface area contributed by atoms with Gasteiger partial charge in [0.15, 0.2) is 5.78 Å². The fourth-order valence-electron chi connectivity index (χ4n) is 4.55. The van der Waals surface area contributed by atoms with Gasteiger partial charge in [0.25, 0.3) is 0 Å². The average molecular weight is 405 g/mol. The van der Waals surface area contributed by atoms with E-state index < -0.39 is 6.10 Å². The lowest BCUT2D eigenvalue weighted by molar-refractivity contribution is -0.119. The van der Waals surface area contributed by atoms with Crippen molar-refractivity contribution >= 4 is 5.78 Å². The Balaban J connectivity index is 1.40. The fraction of sp³-hybridized carbons (Fsp3) is 0.808. The molecule has 0 spiro atoms. The summed E-state index contributed by atoms with van der Waals surface area (Å²) in [7, 11) is 0. The molecule has 3 nitrogen and oxygen atoms in total. The first-order valence-corrected chi connectivity index (χ1v) is 12.5. The van der Waals surface area contributed by atoms with E-state index in [9.17, 15) is 9.90 Å². The van der Waals surface area contributed by atoms with E-state index in [1.807, 2.05) is 0 Å². The van der Waals surface area contributed by atoms with E-state index in [0.717, 1.165) is 31.4 Å². The van der Waals surface area contributed by atoms with E-state index in [0.29, 0.717) is 18.4 Å². The third-order valence-electron chi connectivity index (χ3n) is 6.32. The van der Waals surface area contributed by atoms with Gasteiger partial charge in [-0.3, -0.25) is 4.79 Å². The number of hydrogen-bond donors (Lipinski definition) is 1. The molecule has 1 aliphatic heterocycles. The summed E-state index contributed by atoms with van der Waals surface area (Å²) in [5.41, 5.74) is 0.583. The number of rotatable bonds is 15. The molecule has 0 radical (unpaired) electrons. The minimum Gasteiger partial charge on any atom is -0.494 e. The number of aliphatic hydroxyl groups excluding tert-OH is 1. The molecule has 0 amide bonds. The van der Waals surface area contributed by atoms with Crippen LogP contribution >= 0.6 is 0 Å². The number of allylic oxidation sites excluding steroid dienone is 3. The molecule has 1 N–H and O–H groups in total. The van der Waals surface area contributed by atoms with E-state index in [2.05, 4.69) is 19.1 Å². The summed E-state index contributed by atoms with van der Waals surface area (Å²) in [5.74, 6) is 0.891. The highest BCUT2D eigenvalue weighted by Gasteiger charge is 2.34. The Bertz CT molecular complexity index is 520. The first-order chi connectivity index (χ1) is 14.2. The van der Waals surface area contributed by atoms with Crippen molar-refractivity contribution in [3.8, 4) is 0 Å². The van der Waals surface area contributed by atoms with Crippen LogP contribution in [0, 0.1) is 0 Å². The maximum Gasteiger partial charge on any atom is 0.164 e. The van der Waals surface area contributed by atoms with Crippen molar-refractivity contribution < 1.29 is 14.6 Å². The smallest absolute Gasteiger partial charge is 0.164 e. The molecule has 0 aromatic rings. The Kier molecular flexibility index (Phi) is 12.4. The predicted molar refractivity (Wildman–Crippen MR) is 121 cm³/mol. The molecular formula is C26H44O3. The van der Waals surface area contributed by atoms with Gasteiger partial charge in [0.05, 0.1) is 11.7 Å². The van der Waals surface area contributed by atoms with Crippen molar-refractivity contribution in [2.24, 2.45) is 0 Å². The van der Waals surface area contributed by atoms with Gasteiger partial charge in [-0.2, -0.15) is 0 Å². The monoisotopic (exact) mass is 404 g/mol. The van der Waals surface area contributed by atoms with Crippen LogP contribution in [-0.2, 0) is 9.53 Å². The van der Waals surface area contributed by atoms with Crippen LogP contribution in [0.4, 0.5) is 0 Å². The quantitative estimate of drug-likeness (QED) is 0.232. The fourth-order valence-corrected chi connectivity index (χ4v) is 4.55. The van der Waals surface area contributed by atoms with Crippen LogP contribution in [0.25, 0.3) is 0 Å². The number of hydrogen-bond acceptors (Lipinski definition) is 3. The lowest BCUT2D eigenvalue weighted by Gasteiger charge is -2.33. The van der Waals surface area contributed by atoms with Gasteiger partial charge < -0.3 is 9.84 Å². The number of unbranched alkanes of at least 4 members (excludes halogenated alkanes) is 11. The van der Waals surface area contributed by atoms with E-state index >= 15 is 0 Å². The van der Waals surface area contributed by atoms with Gasteiger partial charge in [-0.1, -0.05) is 76.9 Å². The zero-order valence-corrected chi connectivity index (χ0v) is 18.8. The highest BCUT2D eigenvalue weighted by atomic mass is 16.5. The Morgan fingerprint density at radius 1 is 0.897 bits per heavy atom. The van der Waals surface area contributed by atoms with Crippen molar-refractivity contribution in [1.82, 2.24) is 0 Å². The van der Waals surface area contributed by atoms with Crippen molar-refractivity contribution in [2.75, 3.05) is 0 Å². The Morgan fingerprint density at radius 3 is 2.21 bits per heavy atom.